The van der Waals surface area contributed by atoms with Gasteiger partial charge in [0, 0.05) is 24.4 Å². The van der Waals surface area contributed by atoms with Crippen LogP contribution in [0.5, 0.6) is 0 Å². The molecule has 1 rings (SSSR count). The van der Waals surface area contributed by atoms with Crippen LogP contribution in [0.25, 0.3) is 0 Å². The maximum absolute atomic E-state index is 11.7. The van der Waals surface area contributed by atoms with E-state index >= 15 is 0 Å². The molecule has 88 valence electrons. The van der Waals surface area contributed by atoms with E-state index in [1.54, 1.807) is 12.4 Å². The normalized spacial score (nSPS) is 11.2. The molecular weight excluding hydrogens is 200 g/mol. The minimum Gasteiger partial charge on any atom is -0.351 e. The summed E-state index contributed by atoms with van der Waals surface area (Å²) < 4.78 is 0. The Kier molecular flexibility index (Phi) is 4.47. The number of nitrogens with one attached hydrogen (secondary N) is 1. The van der Waals surface area contributed by atoms with Gasteiger partial charge in [-0.3, -0.25) is 9.78 Å². The fourth-order valence-corrected chi connectivity index (χ4v) is 1.33. The number of nitrogens with zero attached hydrogens (tertiary/aromatic N) is 1. The van der Waals surface area contributed by atoms with Crippen LogP contribution in [-0.4, -0.2) is 16.4 Å². The second kappa shape index (κ2) is 5.64. The van der Waals surface area contributed by atoms with Crippen molar-refractivity contribution >= 4 is 5.91 Å². The molecule has 0 aromatic carbocycles. The Labute approximate surface area is 97.3 Å². The van der Waals surface area contributed by atoms with Gasteiger partial charge in [0.15, 0.2) is 0 Å². The highest BCUT2D eigenvalue weighted by atomic mass is 16.1. The highest BCUT2D eigenvalue weighted by molar-refractivity contribution is 5.76. The molecule has 1 aromatic heterocycles. The van der Waals surface area contributed by atoms with Gasteiger partial charge in [0.25, 0.3) is 0 Å². The Morgan fingerprint density at radius 3 is 2.81 bits per heavy atom. The summed E-state index contributed by atoms with van der Waals surface area (Å²) in [4.78, 5) is 15.7. The van der Waals surface area contributed by atoms with Crippen molar-refractivity contribution in [3.8, 4) is 0 Å². The summed E-state index contributed by atoms with van der Waals surface area (Å²) in [6, 6.07) is 3.88. The van der Waals surface area contributed by atoms with Crippen LogP contribution in [0.15, 0.2) is 24.5 Å². The van der Waals surface area contributed by atoms with Crippen LogP contribution < -0.4 is 5.32 Å². The van der Waals surface area contributed by atoms with E-state index in [9.17, 15) is 4.79 Å². The minimum absolute atomic E-state index is 0.105. The molecule has 3 nitrogen and oxygen atoms in total. The van der Waals surface area contributed by atoms with Crippen molar-refractivity contribution in [2.24, 2.45) is 0 Å². The van der Waals surface area contributed by atoms with E-state index < -0.39 is 0 Å². The molecule has 0 radical (unpaired) electrons. The van der Waals surface area contributed by atoms with E-state index in [0.29, 0.717) is 6.42 Å². The summed E-state index contributed by atoms with van der Waals surface area (Å²) in [5.41, 5.74) is 0.999. The first-order valence-electron chi connectivity index (χ1n) is 5.73. The summed E-state index contributed by atoms with van der Waals surface area (Å²) in [6.45, 7) is 6.14. The molecule has 16 heavy (non-hydrogen) atoms. The Balaban J connectivity index is 2.36. The molecule has 0 aliphatic carbocycles. The fourth-order valence-electron chi connectivity index (χ4n) is 1.33. The first-order chi connectivity index (χ1) is 7.53. The van der Waals surface area contributed by atoms with Gasteiger partial charge in [-0.2, -0.15) is 0 Å². The standard InChI is InChI=1S/C13H20N2O/c1-4-13(2,3)15-12(16)8-7-11-6-5-9-14-10-11/h5-6,9-10H,4,7-8H2,1-3H3,(H,15,16). The lowest BCUT2D eigenvalue weighted by atomic mass is 10.0. The molecule has 0 atom stereocenters. The van der Waals surface area contributed by atoms with Crippen molar-refractivity contribution in [1.29, 1.82) is 0 Å². The lowest BCUT2D eigenvalue weighted by Gasteiger charge is -2.24. The third-order valence-electron chi connectivity index (χ3n) is 2.73. The van der Waals surface area contributed by atoms with Crippen LogP contribution in [-0.2, 0) is 11.2 Å². The summed E-state index contributed by atoms with van der Waals surface area (Å²) in [5.74, 6) is 0.107. The zero-order chi connectivity index (χ0) is 12.0. The van der Waals surface area contributed by atoms with Crippen LogP contribution in [0.3, 0.4) is 0 Å². The number of aromatic nitrogens is 1. The smallest absolute Gasteiger partial charge is 0.220 e. The Morgan fingerprint density at radius 2 is 2.25 bits per heavy atom. The highest BCUT2D eigenvalue weighted by Crippen LogP contribution is 2.08. The van der Waals surface area contributed by atoms with Gasteiger partial charge in [-0.15, -0.1) is 0 Å². The minimum atomic E-state index is -0.105. The van der Waals surface area contributed by atoms with Crippen molar-refractivity contribution in [3.05, 3.63) is 30.1 Å². The van der Waals surface area contributed by atoms with E-state index in [1.165, 1.54) is 0 Å². The van der Waals surface area contributed by atoms with Crippen LogP contribution in [0, 0.1) is 0 Å². The molecule has 1 heterocycles. The van der Waals surface area contributed by atoms with E-state index in [2.05, 4.69) is 17.2 Å². The van der Waals surface area contributed by atoms with Crippen molar-refractivity contribution in [2.75, 3.05) is 0 Å². The SMILES string of the molecule is CCC(C)(C)NC(=O)CCc1cccnc1. The second-order valence-electron chi connectivity index (χ2n) is 4.65. The first-order valence-corrected chi connectivity index (χ1v) is 5.73. The van der Waals surface area contributed by atoms with Crippen molar-refractivity contribution in [3.63, 3.8) is 0 Å². The first kappa shape index (κ1) is 12.7. The van der Waals surface area contributed by atoms with E-state index in [0.717, 1.165) is 18.4 Å². The number of carbonyl (C=O) groups excluding carboxylic acids is 1. The highest BCUT2D eigenvalue weighted by Gasteiger charge is 2.17. The van der Waals surface area contributed by atoms with Crippen molar-refractivity contribution in [2.45, 2.75) is 45.6 Å². The summed E-state index contributed by atoms with van der Waals surface area (Å²) in [5, 5.41) is 3.02. The maximum Gasteiger partial charge on any atom is 0.220 e. The quantitative estimate of drug-likeness (QED) is 0.827. The number of carbonyl (C=O) groups is 1. The zero-order valence-electron chi connectivity index (χ0n) is 10.3. The lowest BCUT2D eigenvalue weighted by Crippen LogP contribution is -2.42. The van der Waals surface area contributed by atoms with Crippen LogP contribution in [0.2, 0.25) is 0 Å². The number of pyridine rings is 1. The van der Waals surface area contributed by atoms with Gasteiger partial charge in [0.05, 0.1) is 0 Å². The number of hydrogen-bond donors (Lipinski definition) is 1. The van der Waals surface area contributed by atoms with E-state index in [4.69, 9.17) is 0 Å². The summed E-state index contributed by atoms with van der Waals surface area (Å²) in [6.07, 6.45) is 5.75. The Morgan fingerprint density at radius 1 is 1.50 bits per heavy atom. The average molecular weight is 220 g/mol. The van der Waals surface area contributed by atoms with Crippen LogP contribution >= 0.6 is 0 Å². The van der Waals surface area contributed by atoms with Gasteiger partial charge in [-0.25, -0.2) is 0 Å². The second-order valence-corrected chi connectivity index (χ2v) is 4.65. The molecule has 0 saturated heterocycles. The topological polar surface area (TPSA) is 42.0 Å². The Hall–Kier alpha value is -1.38. The Bertz CT molecular complexity index is 333. The van der Waals surface area contributed by atoms with E-state index in [-0.39, 0.29) is 11.4 Å². The number of amides is 1. The number of hydrogen-bond acceptors (Lipinski definition) is 2. The predicted octanol–water partition coefficient (Wildman–Crippen LogP) is 2.32. The molecular formula is C13H20N2O. The van der Waals surface area contributed by atoms with Gasteiger partial charge >= 0.3 is 0 Å². The molecule has 1 amide bonds. The van der Waals surface area contributed by atoms with Gasteiger partial charge in [0.2, 0.25) is 5.91 Å². The molecule has 1 N–H and O–H groups in total. The monoisotopic (exact) mass is 220 g/mol. The zero-order valence-corrected chi connectivity index (χ0v) is 10.3. The molecule has 0 unspecified atom stereocenters. The number of aryl methyl sites for hydroxylation is 1. The molecule has 0 fully saturated rings. The molecule has 0 aliphatic heterocycles. The molecule has 0 spiro atoms. The van der Waals surface area contributed by atoms with Crippen molar-refractivity contribution in [1.82, 2.24) is 10.3 Å². The van der Waals surface area contributed by atoms with Crippen LogP contribution in [0.4, 0.5) is 0 Å². The lowest BCUT2D eigenvalue weighted by molar-refractivity contribution is -0.122. The molecule has 0 aliphatic rings. The van der Waals surface area contributed by atoms with Crippen molar-refractivity contribution < 1.29 is 4.79 Å². The molecule has 0 saturated carbocycles. The molecule has 1 aromatic rings. The predicted molar refractivity (Wildman–Crippen MR) is 65.1 cm³/mol. The largest absolute Gasteiger partial charge is 0.351 e. The third kappa shape index (κ3) is 4.43. The summed E-state index contributed by atoms with van der Waals surface area (Å²) in [7, 11) is 0. The van der Waals surface area contributed by atoms with E-state index in [1.807, 2.05) is 26.0 Å². The maximum atomic E-state index is 11.7. The average Bonchev–Trinajstić information content (AvgIpc) is 2.27. The van der Waals surface area contributed by atoms with Gasteiger partial charge in [-0.1, -0.05) is 13.0 Å². The fraction of sp³-hybridized carbons (Fsp3) is 0.538. The number of rotatable bonds is 5. The van der Waals surface area contributed by atoms with Gasteiger partial charge < -0.3 is 5.32 Å². The third-order valence-corrected chi connectivity index (χ3v) is 2.73. The molecule has 0 bridgehead atoms. The van der Waals surface area contributed by atoms with Crippen LogP contribution in [0.1, 0.15) is 39.2 Å². The van der Waals surface area contributed by atoms with Gasteiger partial charge in [0.1, 0.15) is 0 Å². The van der Waals surface area contributed by atoms with Gasteiger partial charge in [-0.05, 0) is 38.3 Å². The summed E-state index contributed by atoms with van der Waals surface area (Å²) >= 11 is 0. The molecule has 3 heteroatoms.